The van der Waals surface area contributed by atoms with E-state index in [4.69, 9.17) is 16.9 Å². The van der Waals surface area contributed by atoms with Gasteiger partial charge in [0.15, 0.2) is 6.04 Å². The van der Waals surface area contributed by atoms with Crippen molar-refractivity contribution in [2.75, 3.05) is 11.4 Å². The van der Waals surface area contributed by atoms with E-state index in [1.54, 1.807) is 0 Å². The van der Waals surface area contributed by atoms with E-state index in [-0.39, 0.29) is 34.8 Å². The van der Waals surface area contributed by atoms with Gasteiger partial charge in [-0.05, 0) is 31.0 Å². The molecule has 0 spiro atoms. The van der Waals surface area contributed by atoms with Crippen molar-refractivity contribution in [3.05, 3.63) is 28.3 Å². The van der Waals surface area contributed by atoms with E-state index in [9.17, 15) is 23.1 Å². The molecule has 0 aromatic heterocycles. The van der Waals surface area contributed by atoms with Crippen LogP contribution in [-0.2, 0) is 0 Å². The number of nitriles is 1. The number of aliphatic hydroxyl groups is 1. The Bertz CT molecular complexity index is 747. The van der Waals surface area contributed by atoms with E-state index in [0.717, 1.165) is 4.90 Å². The van der Waals surface area contributed by atoms with Crippen molar-refractivity contribution < 1.29 is 23.1 Å². The summed E-state index contributed by atoms with van der Waals surface area (Å²) in [5.74, 6) is 0. The highest BCUT2D eigenvalue weighted by Crippen LogP contribution is 2.44. The molecule has 3 atom stereocenters. The third kappa shape index (κ3) is 2.31. The van der Waals surface area contributed by atoms with Crippen LogP contribution in [0.15, 0.2) is 12.1 Å². The van der Waals surface area contributed by atoms with E-state index in [0.29, 0.717) is 4.90 Å². The Kier molecular flexibility index (Phi) is 3.89. The molecular formula is C15H13ClF3N3O2. The minimum absolute atomic E-state index is 0.00655. The van der Waals surface area contributed by atoms with Crippen molar-refractivity contribution in [1.82, 2.24) is 4.90 Å². The Morgan fingerprint density at radius 1 is 1.42 bits per heavy atom. The molecule has 0 saturated carbocycles. The molecule has 0 aliphatic carbocycles. The van der Waals surface area contributed by atoms with Gasteiger partial charge in [-0.1, -0.05) is 11.6 Å². The van der Waals surface area contributed by atoms with Gasteiger partial charge < -0.3 is 10.0 Å². The van der Waals surface area contributed by atoms with Gasteiger partial charge in [0.2, 0.25) is 0 Å². The molecule has 128 valence electrons. The summed E-state index contributed by atoms with van der Waals surface area (Å²) < 4.78 is 40.9. The fourth-order valence-corrected chi connectivity index (χ4v) is 3.63. The van der Waals surface area contributed by atoms with Gasteiger partial charge in [-0.2, -0.15) is 18.4 Å². The first kappa shape index (κ1) is 16.9. The quantitative estimate of drug-likeness (QED) is 0.838. The lowest BCUT2D eigenvalue weighted by atomic mass is 10.0. The van der Waals surface area contributed by atoms with E-state index in [1.807, 2.05) is 6.07 Å². The lowest BCUT2D eigenvalue weighted by Crippen LogP contribution is -2.51. The summed E-state index contributed by atoms with van der Waals surface area (Å²) in [7, 11) is 0. The third-order valence-electron chi connectivity index (χ3n) is 4.55. The van der Waals surface area contributed by atoms with Crippen LogP contribution in [0.1, 0.15) is 17.5 Å². The van der Waals surface area contributed by atoms with Crippen LogP contribution >= 0.6 is 11.6 Å². The topological polar surface area (TPSA) is 67.6 Å². The molecule has 2 amide bonds. The van der Waals surface area contributed by atoms with Gasteiger partial charge in [-0.3, -0.25) is 4.90 Å². The largest absolute Gasteiger partial charge is 0.411 e. The Balaban J connectivity index is 2.14. The van der Waals surface area contributed by atoms with Gasteiger partial charge >= 0.3 is 12.2 Å². The summed E-state index contributed by atoms with van der Waals surface area (Å²) >= 11 is 6.03. The molecule has 0 radical (unpaired) electrons. The SMILES string of the molecule is Cc1c(N2C(=O)N3CC[C@H](O)[C@H]3C2C(F)(F)F)ccc(C#N)c1Cl. The molecule has 2 aliphatic rings. The average Bonchev–Trinajstić information content (AvgIpc) is 3.01. The molecule has 1 aromatic carbocycles. The zero-order chi connectivity index (χ0) is 17.8. The predicted molar refractivity (Wildman–Crippen MR) is 79.7 cm³/mol. The number of benzene rings is 1. The first-order valence-corrected chi connectivity index (χ1v) is 7.60. The normalized spacial score (nSPS) is 26.7. The molecule has 9 heteroatoms. The van der Waals surface area contributed by atoms with Crippen LogP contribution in [0.3, 0.4) is 0 Å². The molecule has 5 nitrogen and oxygen atoms in total. The number of urea groups is 1. The zero-order valence-electron chi connectivity index (χ0n) is 12.5. The first-order chi connectivity index (χ1) is 11.2. The number of nitrogens with zero attached hydrogens (tertiary/aromatic N) is 3. The number of aliphatic hydroxyl groups excluding tert-OH is 1. The molecular weight excluding hydrogens is 347 g/mol. The Labute approximate surface area is 140 Å². The van der Waals surface area contributed by atoms with Gasteiger partial charge in [-0.15, -0.1) is 0 Å². The van der Waals surface area contributed by atoms with Crippen molar-refractivity contribution in [2.24, 2.45) is 0 Å². The minimum Gasteiger partial charge on any atom is -0.391 e. The summed E-state index contributed by atoms with van der Waals surface area (Å²) in [6, 6.07) is 0.0910. The van der Waals surface area contributed by atoms with Crippen LogP contribution in [0.5, 0.6) is 0 Å². The van der Waals surface area contributed by atoms with Crippen LogP contribution in [0, 0.1) is 18.3 Å². The summed E-state index contributed by atoms with van der Waals surface area (Å²) in [4.78, 5) is 14.2. The number of carbonyl (C=O) groups excluding carboxylic acids is 1. The highest BCUT2D eigenvalue weighted by atomic mass is 35.5. The number of hydrogen-bond donors (Lipinski definition) is 1. The molecule has 2 fully saturated rings. The maximum atomic E-state index is 13.6. The van der Waals surface area contributed by atoms with E-state index in [1.165, 1.54) is 19.1 Å². The van der Waals surface area contributed by atoms with Crippen molar-refractivity contribution in [3.8, 4) is 6.07 Å². The Morgan fingerprint density at radius 2 is 2.08 bits per heavy atom. The van der Waals surface area contributed by atoms with Crippen molar-refractivity contribution in [2.45, 2.75) is 37.7 Å². The van der Waals surface area contributed by atoms with Crippen LogP contribution in [0.2, 0.25) is 5.02 Å². The highest BCUT2D eigenvalue weighted by molar-refractivity contribution is 6.33. The maximum absolute atomic E-state index is 13.6. The molecule has 1 unspecified atom stereocenters. The third-order valence-corrected chi connectivity index (χ3v) is 5.03. The summed E-state index contributed by atoms with van der Waals surface area (Å²) in [6.45, 7) is 1.52. The summed E-state index contributed by atoms with van der Waals surface area (Å²) in [6.07, 6.45) is -5.84. The van der Waals surface area contributed by atoms with Gasteiger partial charge in [0.25, 0.3) is 0 Å². The number of anilines is 1. The van der Waals surface area contributed by atoms with Gasteiger partial charge in [-0.25, -0.2) is 4.79 Å². The van der Waals surface area contributed by atoms with E-state index < -0.39 is 30.4 Å². The molecule has 24 heavy (non-hydrogen) atoms. The second-order valence-electron chi connectivity index (χ2n) is 5.86. The number of halogens is 4. The van der Waals surface area contributed by atoms with Crippen LogP contribution < -0.4 is 4.90 Å². The number of carbonyl (C=O) groups is 1. The second-order valence-corrected chi connectivity index (χ2v) is 6.24. The number of fused-ring (bicyclic) bond motifs is 1. The van der Waals surface area contributed by atoms with Gasteiger partial charge in [0.05, 0.1) is 28.4 Å². The lowest BCUT2D eigenvalue weighted by molar-refractivity contribution is -0.156. The summed E-state index contributed by atoms with van der Waals surface area (Å²) in [5, 5.41) is 18.9. The number of amides is 2. The monoisotopic (exact) mass is 359 g/mol. The smallest absolute Gasteiger partial charge is 0.391 e. The van der Waals surface area contributed by atoms with Crippen LogP contribution in [0.4, 0.5) is 23.7 Å². The average molecular weight is 360 g/mol. The Hall–Kier alpha value is -1.98. The number of alkyl halides is 3. The molecule has 2 aliphatic heterocycles. The summed E-state index contributed by atoms with van der Waals surface area (Å²) in [5.41, 5.74) is 0.329. The number of rotatable bonds is 1. The van der Waals surface area contributed by atoms with Crippen LogP contribution in [0.25, 0.3) is 0 Å². The molecule has 0 bridgehead atoms. The first-order valence-electron chi connectivity index (χ1n) is 7.22. The van der Waals surface area contributed by atoms with E-state index in [2.05, 4.69) is 0 Å². The van der Waals surface area contributed by atoms with E-state index >= 15 is 0 Å². The number of hydrogen-bond acceptors (Lipinski definition) is 3. The minimum atomic E-state index is -4.72. The molecule has 2 saturated heterocycles. The van der Waals surface area contributed by atoms with Gasteiger partial charge in [0.1, 0.15) is 6.07 Å². The molecule has 1 N–H and O–H groups in total. The standard InChI is InChI=1S/C15H13ClF3N3O2/c1-7-9(3-2-8(6-20)11(7)16)22-13(15(17,18)19)12-10(23)4-5-21(12)14(22)24/h2-3,10,12-13,23H,4-5H2,1H3/t10-,12-,13?/m0/s1. The fraction of sp³-hybridized carbons (Fsp3) is 0.467. The lowest BCUT2D eigenvalue weighted by Gasteiger charge is -2.30. The van der Waals surface area contributed by atoms with Crippen molar-refractivity contribution >= 4 is 23.3 Å². The zero-order valence-corrected chi connectivity index (χ0v) is 13.3. The maximum Gasteiger partial charge on any atom is 0.411 e. The highest BCUT2D eigenvalue weighted by Gasteiger charge is 2.62. The van der Waals surface area contributed by atoms with Crippen molar-refractivity contribution in [1.29, 1.82) is 5.26 Å². The Morgan fingerprint density at radius 3 is 2.67 bits per heavy atom. The molecule has 2 heterocycles. The van der Waals surface area contributed by atoms with Gasteiger partial charge in [0, 0.05) is 6.54 Å². The second kappa shape index (κ2) is 5.53. The molecule has 3 rings (SSSR count). The van der Waals surface area contributed by atoms with Crippen LogP contribution in [-0.4, -0.2) is 46.9 Å². The molecule has 1 aromatic rings. The fourth-order valence-electron chi connectivity index (χ4n) is 3.43. The predicted octanol–water partition coefficient (Wildman–Crippen LogP) is 2.83. The van der Waals surface area contributed by atoms with Crippen molar-refractivity contribution in [3.63, 3.8) is 0 Å².